The Kier molecular flexibility index (Phi) is 6.15. The monoisotopic (exact) mass is 392 g/mol. The van der Waals surface area contributed by atoms with E-state index in [9.17, 15) is 5.11 Å². The van der Waals surface area contributed by atoms with Crippen molar-refractivity contribution in [2.45, 2.75) is 39.5 Å². The van der Waals surface area contributed by atoms with Gasteiger partial charge in [0.1, 0.15) is 5.75 Å². The molecule has 2 aromatic carbocycles. The molecule has 0 amide bonds. The molecule has 0 bridgehead atoms. The number of aromatic hydroxyl groups is 1. The molecule has 1 heterocycles. The lowest BCUT2D eigenvalue weighted by Crippen LogP contribution is -1.96. The van der Waals surface area contributed by atoms with E-state index in [-0.39, 0.29) is 5.75 Å². The Hall–Kier alpha value is -2.65. The predicted molar refractivity (Wildman–Crippen MR) is 118 cm³/mol. The summed E-state index contributed by atoms with van der Waals surface area (Å²) in [5.41, 5.74) is 5.46. The fraction of sp³-hybridized carbons (Fsp3) is 0.250. The number of benzene rings is 2. The summed E-state index contributed by atoms with van der Waals surface area (Å²) >= 11 is 6.08. The number of hydrogen-bond acceptors (Lipinski definition) is 3. The minimum atomic E-state index is 0.151. The van der Waals surface area contributed by atoms with Crippen molar-refractivity contribution in [3.05, 3.63) is 76.4 Å². The Balaban J connectivity index is 2.02. The molecule has 0 saturated carbocycles. The van der Waals surface area contributed by atoms with Gasteiger partial charge in [0.2, 0.25) is 0 Å². The molecule has 0 spiro atoms. The van der Waals surface area contributed by atoms with Gasteiger partial charge in [-0.2, -0.15) is 0 Å². The Morgan fingerprint density at radius 1 is 0.929 bits per heavy atom. The highest BCUT2D eigenvalue weighted by Crippen LogP contribution is 2.35. The van der Waals surface area contributed by atoms with Crippen molar-refractivity contribution < 1.29 is 5.11 Å². The number of pyridine rings is 1. The lowest BCUT2D eigenvalue weighted by Gasteiger charge is -2.16. The van der Waals surface area contributed by atoms with E-state index in [4.69, 9.17) is 16.6 Å². The van der Waals surface area contributed by atoms with Crippen molar-refractivity contribution in [2.24, 2.45) is 4.99 Å². The molecule has 28 heavy (non-hydrogen) atoms. The molecular formula is C24H25ClN2O. The second kappa shape index (κ2) is 8.57. The average molecular weight is 393 g/mol. The van der Waals surface area contributed by atoms with Gasteiger partial charge in [0, 0.05) is 10.6 Å². The maximum atomic E-state index is 10.1. The van der Waals surface area contributed by atoms with Gasteiger partial charge in [-0.25, -0.2) is 4.98 Å². The Bertz CT molecular complexity index is 983. The van der Waals surface area contributed by atoms with Gasteiger partial charge in [-0.3, -0.25) is 4.99 Å². The number of aliphatic imine (C=N–C) groups is 1. The Labute approximate surface area is 171 Å². The molecule has 0 radical (unpaired) electrons. The first kappa shape index (κ1) is 20.1. The van der Waals surface area contributed by atoms with Gasteiger partial charge in [0.25, 0.3) is 0 Å². The van der Waals surface area contributed by atoms with Crippen LogP contribution in [0.4, 0.5) is 5.69 Å². The van der Waals surface area contributed by atoms with Crippen LogP contribution in [0.15, 0.2) is 59.6 Å². The molecule has 0 saturated heterocycles. The molecular weight excluding hydrogens is 368 g/mol. The fourth-order valence-corrected chi connectivity index (χ4v) is 3.35. The highest BCUT2D eigenvalue weighted by atomic mass is 35.5. The van der Waals surface area contributed by atoms with Crippen LogP contribution >= 0.6 is 11.6 Å². The van der Waals surface area contributed by atoms with Crippen LogP contribution in [0.1, 0.15) is 56.4 Å². The van der Waals surface area contributed by atoms with Crippen molar-refractivity contribution in [2.75, 3.05) is 0 Å². The molecule has 0 unspecified atom stereocenters. The van der Waals surface area contributed by atoms with Crippen LogP contribution in [0.5, 0.6) is 5.75 Å². The number of hydrogen-bond donors (Lipinski definition) is 1. The Morgan fingerprint density at radius 3 is 2.21 bits per heavy atom. The molecule has 3 rings (SSSR count). The van der Waals surface area contributed by atoms with Crippen molar-refractivity contribution in [3.8, 4) is 17.0 Å². The topological polar surface area (TPSA) is 45.5 Å². The fourth-order valence-electron chi connectivity index (χ4n) is 3.18. The number of halogens is 1. The van der Waals surface area contributed by atoms with E-state index in [1.165, 1.54) is 11.1 Å². The minimum Gasteiger partial charge on any atom is -0.507 e. The quantitative estimate of drug-likeness (QED) is 0.470. The highest BCUT2D eigenvalue weighted by Gasteiger charge is 2.13. The van der Waals surface area contributed by atoms with Crippen LogP contribution in [0, 0.1) is 0 Å². The Morgan fingerprint density at radius 2 is 1.57 bits per heavy atom. The third-order valence-corrected chi connectivity index (χ3v) is 4.91. The van der Waals surface area contributed by atoms with Gasteiger partial charge >= 0.3 is 0 Å². The largest absolute Gasteiger partial charge is 0.507 e. The first-order valence-corrected chi connectivity index (χ1v) is 9.87. The van der Waals surface area contributed by atoms with Crippen LogP contribution in [0.3, 0.4) is 0 Å². The average Bonchev–Trinajstić information content (AvgIpc) is 2.68. The van der Waals surface area contributed by atoms with Crippen LogP contribution in [0.2, 0.25) is 5.02 Å². The van der Waals surface area contributed by atoms with Gasteiger partial charge < -0.3 is 5.11 Å². The van der Waals surface area contributed by atoms with Crippen LogP contribution in [-0.2, 0) is 0 Å². The number of rotatable bonds is 5. The molecule has 144 valence electrons. The highest BCUT2D eigenvalue weighted by molar-refractivity contribution is 6.30. The van der Waals surface area contributed by atoms with Crippen LogP contribution in [0.25, 0.3) is 11.3 Å². The lowest BCUT2D eigenvalue weighted by molar-refractivity contribution is 0.477. The first-order valence-electron chi connectivity index (χ1n) is 9.49. The van der Waals surface area contributed by atoms with Crippen molar-refractivity contribution in [1.29, 1.82) is 0 Å². The summed E-state index contributed by atoms with van der Waals surface area (Å²) in [6.07, 6.45) is 1.79. The molecule has 0 atom stereocenters. The van der Waals surface area contributed by atoms with E-state index >= 15 is 0 Å². The number of phenolic OH excluding ortho intramolecular Hbond substituents is 1. The maximum Gasteiger partial charge on any atom is 0.125 e. The van der Waals surface area contributed by atoms with E-state index in [0.29, 0.717) is 28.1 Å². The zero-order valence-corrected chi connectivity index (χ0v) is 17.4. The summed E-state index contributed by atoms with van der Waals surface area (Å²) < 4.78 is 0. The molecule has 0 aliphatic carbocycles. The number of phenols is 1. The molecule has 0 aliphatic rings. The number of aromatic nitrogens is 1. The summed E-state index contributed by atoms with van der Waals surface area (Å²) in [6.45, 7) is 8.72. The first-order chi connectivity index (χ1) is 13.4. The summed E-state index contributed by atoms with van der Waals surface area (Å²) in [7, 11) is 0. The molecule has 4 heteroatoms. The molecule has 1 N–H and O–H groups in total. The normalized spacial score (nSPS) is 11.7. The molecule has 3 aromatic rings. The summed E-state index contributed by atoms with van der Waals surface area (Å²) in [6, 6.07) is 17.0. The van der Waals surface area contributed by atoms with Crippen molar-refractivity contribution in [3.63, 3.8) is 0 Å². The smallest absolute Gasteiger partial charge is 0.125 e. The second-order valence-electron chi connectivity index (χ2n) is 7.46. The van der Waals surface area contributed by atoms with Crippen LogP contribution in [-0.4, -0.2) is 16.3 Å². The van der Waals surface area contributed by atoms with E-state index in [0.717, 1.165) is 11.4 Å². The van der Waals surface area contributed by atoms with Gasteiger partial charge in [-0.05, 0) is 53.3 Å². The van der Waals surface area contributed by atoms with E-state index in [1.54, 1.807) is 24.4 Å². The summed E-state index contributed by atoms with van der Waals surface area (Å²) in [5, 5.41) is 10.7. The standard InChI is InChI=1S/C24H25ClN2O/c1-15(2)19-8-6-9-20(16(3)4)24(19)26-14-18-7-5-10-22(27-18)21-13-17(25)11-12-23(21)28/h5-16,28H,1-4H3. The predicted octanol–water partition coefficient (Wildman–Crippen LogP) is 7.11. The van der Waals surface area contributed by atoms with Crippen LogP contribution < -0.4 is 0 Å². The van der Waals surface area contributed by atoms with Gasteiger partial charge in [0.05, 0.1) is 23.3 Å². The SMILES string of the molecule is CC(C)c1cccc(C(C)C)c1N=Cc1cccc(-c2cc(Cl)ccc2O)n1. The van der Waals surface area contributed by atoms with Crippen molar-refractivity contribution >= 4 is 23.5 Å². The molecule has 0 aliphatic heterocycles. The lowest BCUT2D eigenvalue weighted by atomic mass is 9.93. The molecule has 1 aromatic heterocycles. The van der Waals surface area contributed by atoms with E-state index in [2.05, 4.69) is 50.9 Å². The molecule has 0 fully saturated rings. The van der Waals surface area contributed by atoms with E-state index < -0.39 is 0 Å². The third-order valence-electron chi connectivity index (χ3n) is 4.67. The number of para-hydroxylation sites is 1. The second-order valence-corrected chi connectivity index (χ2v) is 7.90. The minimum absolute atomic E-state index is 0.151. The molecule has 3 nitrogen and oxygen atoms in total. The zero-order chi connectivity index (χ0) is 20.3. The third kappa shape index (κ3) is 4.42. The van der Waals surface area contributed by atoms with Crippen molar-refractivity contribution in [1.82, 2.24) is 4.98 Å². The van der Waals surface area contributed by atoms with Gasteiger partial charge in [-0.15, -0.1) is 0 Å². The maximum absolute atomic E-state index is 10.1. The summed E-state index contributed by atoms with van der Waals surface area (Å²) in [4.78, 5) is 9.46. The number of nitrogens with zero attached hydrogens (tertiary/aromatic N) is 2. The zero-order valence-electron chi connectivity index (χ0n) is 16.6. The van der Waals surface area contributed by atoms with Gasteiger partial charge in [0.15, 0.2) is 0 Å². The summed E-state index contributed by atoms with van der Waals surface area (Å²) in [5.74, 6) is 0.917. The van der Waals surface area contributed by atoms with Gasteiger partial charge in [-0.1, -0.05) is 63.6 Å². The van der Waals surface area contributed by atoms with E-state index in [1.807, 2.05) is 18.2 Å².